The lowest BCUT2D eigenvalue weighted by atomic mass is 10.0. The van der Waals surface area contributed by atoms with Crippen LogP contribution in [0.3, 0.4) is 0 Å². The predicted octanol–water partition coefficient (Wildman–Crippen LogP) is 3.86. The Hall–Kier alpha value is -3.00. The van der Waals surface area contributed by atoms with E-state index >= 15 is 0 Å². The molecule has 1 amide bonds. The second-order valence-electron chi connectivity index (χ2n) is 8.18. The van der Waals surface area contributed by atoms with Crippen molar-refractivity contribution in [1.29, 1.82) is 0 Å². The summed E-state index contributed by atoms with van der Waals surface area (Å²) in [4.78, 5) is 14.9. The van der Waals surface area contributed by atoms with Gasteiger partial charge in [0.2, 0.25) is 0 Å². The number of benzene rings is 1. The van der Waals surface area contributed by atoms with Crippen molar-refractivity contribution in [1.82, 2.24) is 14.9 Å². The summed E-state index contributed by atoms with van der Waals surface area (Å²) in [5.74, 6) is -1.03. The van der Waals surface area contributed by atoms with Crippen molar-refractivity contribution >= 4 is 17.1 Å². The number of halogens is 2. The first-order chi connectivity index (χ1) is 15.1. The van der Waals surface area contributed by atoms with Crippen molar-refractivity contribution in [2.75, 3.05) is 24.7 Å². The van der Waals surface area contributed by atoms with Crippen molar-refractivity contribution < 1.29 is 18.3 Å². The lowest BCUT2D eigenvalue weighted by Crippen LogP contribution is -2.40. The van der Waals surface area contributed by atoms with E-state index in [-0.39, 0.29) is 18.0 Å². The zero-order valence-electron chi connectivity index (χ0n) is 17.1. The Labute approximate surface area is 178 Å². The molecule has 0 radical (unpaired) electrons. The number of carbonyl (C=O) groups excluding carboxylic acids is 1. The van der Waals surface area contributed by atoms with Gasteiger partial charge in [0.15, 0.2) is 0 Å². The van der Waals surface area contributed by atoms with Gasteiger partial charge in [-0.3, -0.25) is 4.79 Å². The number of nitrogens with one attached hydrogen (secondary N) is 1. The molecule has 0 saturated carbocycles. The second kappa shape index (κ2) is 8.26. The van der Waals surface area contributed by atoms with Crippen LogP contribution in [0.4, 0.5) is 14.5 Å². The third kappa shape index (κ3) is 3.87. The molecule has 6 nitrogen and oxygen atoms in total. The minimum atomic E-state index is -0.444. The first-order valence-corrected chi connectivity index (χ1v) is 10.7. The Kier molecular flexibility index (Phi) is 5.31. The zero-order chi connectivity index (χ0) is 21.4. The van der Waals surface area contributed by atoms with Gasteiger partial charge >= 0.3 is 0 Å². The van der Waals surface area contributed by atoms with Crippen molar-refractivity contribution in [3.05, 3.63) is 65.5 Å². The first kappa shape index (κ1) is 19.9. The van der Waals surface area contributed by atoms with E-state index in [0.29, 0.717) is 23.3 Å². The maximum Gasteiger partial charge on any atom is 0.255 e. The lowest BCUT2D eigenvalue weighted by Gasteiger charge is -2.27. The number of rotatable bonds is 4. The summed E-state index contributed by atoms with van der Waals surface area (Å²) in [6.07, 6.45) is 6.79. The number of fused-ring (bicyclic) bond motifs is 1. The maximum atomic E-state index is 14.4. The fourth-order valence-electron chi connectivity index (χ4n) is 4.61. The monoisotopic (exact) mass is 426 g/mol. The van der Waals surface area contributed by atoms with Gasteiger partial charge in [-0.15, -0.1) is 0 Å². The molecule has 0 bridgehead atoms. The molecule has 3 aromatic rings. The molecule has 2 aliphatic heterocycles. The molecule has 4 heterocycles. The van der Waals surface area contributed by atoms with E-state index in [0.717, 1.165) is 50.6 Å². The predicted molar refractivity (Wildman–Crippen MR) is 112 cm³/mol. The SMILES string of the molecule is O=C(NC1CCCOC1)c1cnn2ccc(N3CCCC3c3cc(F)ccc3F)cc12. The molecule has 31 heavy (non-hydrogen) atoms. The van der Waals surface area contributed by atoms with Gasteiger partial charge in [-0.1, -0.05) is 0 Å². The van der Waals surface area contributed by atoms with Crippen LogP contribution in [0.2, 0.25) is 0 Å². The highest BCUT2D eigenvalue weighted by atomic mass is 19.1. The molecule has 1 N–H and O–H groups in total. The number of hydrogen-bond acceptors (Lipinski definition) is 4. The van der Waals surface area contributed by atoms with Crippen LogP contribution in [-0.2, 0) is 4.74 Å². The van der Waals surface area contributed by atoms with E-state index in [1.807, 2.05) is 12.1 Å². The quantitative estimate of drug-likeness (QED) is 0.688. The van der Waals surface area contributed by atoms with Crippen LogP contribution in [0.1, 0.15) is 47.6 Å². The number of hydrogen-bond donors (Lipinski definition) is 1. The third-order valence-corrected chi connectivity index (χ3v) is 6.15. The molecular weight excluding hydrogens is 402 g/mol. The van der Waals surface area contributed by atoms with E-state index in [2.05, 4.69) is 15.3 Å². The molecule has 0 spiro atoms. The summed E-state index contributed by atoms with van der Waals surface area (Å²) in [7, 11) is 0. The van der Waals surface area contributed by atoms with Crippen LogP contribution in [0, 0.1) is 11.6 Å². The number of ether oxygens (including phenoxy) is 1. The first-order valence-electron chi connectivity index (χ1n) is 10.7. The van der Waals surface area contributed by atoms with Gasteiger partial charge in [0.1, 0.15) is 11.6 Å². The van der Waals surface area contributed by atoms with Gasteiger partial charge in [0.25, 0.3) is 5.91 Å². The van der Waals surface area contributed by atoms with Gasteiger partial charge in [0.05, 0.1) is 36.0 Å². The number of pyridine rings is 1. The molecular formula is C23H24F2N4O2. The third-order valence-electron chi connectivity index (χ3n) is 6.15. The van der Waals surface area contributed by atoms with E-state index in [9.17, 15) is 13.6 Å². The fraction of sp³-hybridized carbons (Fsp3) is 0.391. The minimum Gasteiger partial charge on any atom is -0.379 e. The summed E-state index contributed by atoms with van der Waals surface area (Å²) >= 11 is 0. The molecule has 5 rings (SSSR count). The molecule has 2 fully saturated rings. The number of aromatic nitrogens is 2. The van der Waals surface area contributed by atoms with Crippen LogP contribution >= 0.6 is 0 Å². The van der Waals surface area contributed by atoms with Gasteiger partial charge in [-0.05, 0) is 56.0 Å². The normalized spacial score (nSPS) is 21.5. The van der Waals surface area contributed by atoms with Crippen molar-refractivity contribution in [3.63, 3.8) is 0 Å². The Morgan fingerprint density at radius 2 is 2.06 bits per heavy atom. The van der Waals surface area contributed by atoms with Gasteiger partial charge in [-0.25, -0.2) is 13.3 Å². The van der Waals surface area contributed by atoms with Gasteiger partial charge in [0, 0.05) is 30.6 Å². The average Bonchev–Trinajstić information content (AvgIpc) is 3.43. The Morgan fingerprint density at radius 1 is 1.16 bits per heavy atom. The Morgan fingerprint density at radius 3 is 2.90 bits per heavy atom. The molecule has 2 aliphatic rings. The average molecular weight is 426 g/mol. The van der Waals surface area contributed by atoms with Crippen molar-refractivity contribution in [2.24, 2.45) is 0 Å². The topological polar surface area (TPSA) is 58.9 Å². The molecule has 2 unspecified atom stereocenters. The molecule has 2 saturated heterocycles. The number of nitrogens with zero attached hydrogens (tertiary/aromatic N) is 3. The maximum absolute atomic E-state index is 14.4. The number of amides is 1. The van der Waals surface area contributed by atoms with Crippen LogP contribution < -0.4 is 10.2 Å². The smallest absolute Gasteiger partial charge is 0.255 e. The van der Waals surface area contributed by atoms with Crippen molar-refractivity contribution in [3.8, 4) is 0 Å². The van der Waals surface area contributed by atoms with Gasteiger partial charge in [-0.2, -0.15) is 5.10 Å². The number of carbonyl (C=O) groups is 1. The van der Waals surface area contributed by atoms with Crippen LogP contribution in [0.25, 0.3) is 5.52 Å². The second-order valence-corrected chi connectivity index (χ2v) is 8.18. The summed E-state index contributed by atoms with van der Waals surface area (Å²) in [6, 6.07) is 7.13. The summed E-state index contributed by atoms with van der Waals surface area (Å²) in [6.45, 7) is 1.98. The summed E-state index contributed by atoms with van der Waals surface area (Å²) < 4.78 is 35.3. The molecule has 8 heteroatoms. The summed E-state index contributed by atoms with van der Waals surface area (Å²) in [5, 5.41) is 7.33. The van der Waals surface area contributed by atoms with E-state index in [1.54, 1.807) is 16.9 Å². The van der Waals surface area contributed by atoms with Crippen molar-refractivity contribution in [2.45, 2.75) is 37.8 Å². The molecule has 0 aliphatic carbocycles. The highest BCUT2D eigenvalue weighted by Gasteiger charge is 2.29. The van der Waals surface area contributed by atoms with E-state index in [1.165, 1.54) is 12.1 Å². The highest BCUT2D eigenvalue weighted by molar-refractivity contribution is 6.01. The van der Waals surface area contributed by atoms with Crippen LogP contribution in [0.15, 0.2) is 42.7 Å². The number of anilines is 1. The van der Waals surface area contributed by atoms with Crippen LogP contribution in [0.5, 0.6) is 0 Å². The fourth-order valence-corrected chi connectivity index (χ4v) is 4.61. The Bertz CT molecular complexity index is 1110. The standard InChI is InChI=1S/C23H24F2N4O2/c24-15-5-6-20(25)18(11-15)21-4-1-8-28(21)17-7-9-29-22(12-17)19(13-26-29)23(30)27-16-3-2-10-31-14-16/h5-7,9,11-13,16,21H,1-4,8,10,14H2,(H,27,30). The lowest BCUT2D eigenvalue weighted by molar-refractivity contribution is 0.0625. The molecule has 1 aromatic carbocycles. The highest BCUT2D eigenvalue weighted by Crippen LogP contribution is 2.38. The molecule has 2 aromatic heterocycles. The molecule has 162 valence electrons. The minimum absolute atomic E-state index is 0.00158. The largest absolute Gasteiger partial charge is 0.379 e. The van der Waals surface area contributed by atoms with E-state index < -0.39 is 11.6 Å². The Balaban J connectivity index is 1.44. The summed E-state index contributed by atoms with van der Waals surface area (Å²) in [5.41, 5.74) is 2.38. The van der Waals surface area contributed by atoms with Crippen LogP contribution in [-0.4, -0.2) is 41.3 Å². The van der Waals surface area contributed by atoms with E-state index in [4.69, 9.17) is 4.74 Å². The zero-order valence-corrected chi connectivity index (χ0v) is 17.1. The molecule has 2 atom stereocenters. The van der Waals surface area contributed by atoms with Gasteiger partial charge < -0.3 is 15.0 Å².